The van der Waals surface area contributed by atoms with Crippen molar-refractivity contribution in [1.29, 1.82) is 0 Å². The lowest BCUT2D eigenvalue weighted by atomic mass is 10.1. The molecule has 0 aliphatic carbocycles. The van der Waals surface area contributed by atoms with Crippen LogP contribution in [0, 0.1) is 0 Å². The molecule has 1 atom stereocenters. The molecular formula is C27H24N2O7S. The van der Waals surface area contributed by atoms with Crippen molar-refractivity contribution in [2.75, 3.05) is 31.5 Å². The average molecular weight is 521 g/mol. The Kier molecular flexibility index (Phi) is 7.78. The van der Waals surface area contributed by atoms with Crippen LogP contribution in [0.25, 0.3) is 0 Å². The van der Waals surface area contributed by atoms with E-state index in [0.717, 1.165) is 9.80 Å². The van der Waals surface area contributed by atoms with E-state index in [1.54, 1.807) is 30.3 Å². The number of anilines is 2. The largest absolute Gasteiger partial charge is 0.493 e. The summed E-state index contributed by atoms with van der Waals surface area (Å²) in [6.45, 7) is -0.470. The number of benzene rings is 3. The van der Waals surface area contributed by atoms with Crippen molar-refractivity contribution < 1.29 is 33.4 Å². The van der Waals surface area contributed by atoms with Gasteiger partial charge in [0.05, 0.1) is 30.7 Å². The van der Waals surface area contributed by atoms with E-state index in [4.69, 9.17) is 19.9 Å². The molecule has 2 N–H and O–H groups in total. The first-order valence-corrected chi connectivity index (χ1v) is 12.1. The molecule has 0 aromatic heterocycles. The summed E-state index contributed by atoms with van der Waals surface area (Å²) in [7, 11) is 2.94. The summed E-state index contributed by atoms with van der Waals surface area (Å²) in [5.74, 6) is -0.941. The van der Waals surface area contributed by atoms with Crippen LogP contribution in [0.3, 0.4) is 0 Å². The van der Waals surface area contributed by atoms with Gasteiger partial charge in [-0.15, -0.1) is 11.8 Å². The van der Waals surface area contributed by atoms with E-state index in [1.165, 1.54) is 56.3 Å². The maximum absolute atomic E-state index is 12.9. The van der Waals surface area contributed by atoms with Crippen molar-refractivity contribution in [2.45, 2.75) is 16.6 Å². The number of Topliss-reactive ketones (excluding diaryl/α,β-unsaturated/α-hetero) is 1. The summed E-state index contributed by atoms with van der Waals surface area (Å²) >= 11 is 1.28. The van der Waals surface area contributed by atoms with Crippen LogP contribution in [-0.2, 0) is 14.3 Å². The Hall–Kier alpha value is -4.31. The van der Waals surface area contributed by atoms with Gasteiger partial charge in [0.1, 0.15) is 0 Å². The highest BCUT2D eigenvalue weighted by atomic mass is 32.2. The molecule has 0 saturated carbocycles. The van der Waals surface area contributed by atoms with Crippen LogP contribution in [0.2, 0.25) is 0 Å². The van der Waals surface area contributed by atoms with E-state index in [1.807, 2.05) is 6.07 Å². The van der Waals surface area contributed by atoms with E-state index in [2.05, 4.69) is 0 Å². The Morgan fingerprint density at radius 3 is 2.32 bits per heavy atom. The van der Waals surface area contributed by atoms with E-state index < -0.39 is 23.6 Å². The molecule has 1 saturated heterocycles. The molecular weight excluding hydrogens is 496 g/mol. The van der Waals surface area contributed by atoms with Gasteiger partial charge < -0.3 is 19.9 Å². The van der Waals surface area contributed by atoms with Crippen LogP contribution in [0.5, 0.6) is 11.5 Å². The zero-order chi connectivity index (χ0) is 26.5. The minimum atomic E-state index is -0.713. The summed E-state index contributed by atoms with van der Waals surface area (Å²) in [6.07, 6.45) is 0.0559. The molecule has 1 unspecified atom stereocenters. The highest BCUT2D eigenvalue weighted by Crippen LogP contribution is 2.34. The highest BCUT2D eigenvalue weighted by molar-refractivity contribution is 8.00. The molecule has 4 rings (SSSR count). The lowest BCUT2D eigenvalue weighted by Crippen LogP contribution is -2.31. The minimum Gasteiger partial charge on any atom is -0.493 e. The van der Waals surface area contributed by atoms with Crippen LogP contribution in [0.15, 0.2) is 71.6 Å². The first-order valence-electron chi connectivity index (χ1n) is 11.2. The Morgan fingerprint density at radius 2 is 1.65 bits per heavy atom. The van der Waals surface area contributed by atoms with Crippen LogP contribution < -0.4 is 20.1 Å². The average Bonchev–Trinajstić information content (AvgIpc) is 3.18. The zero-order valence-electron chi connectivity index (χ0n) is 20.1. The topological polar surface area (TPSA) is 125 Å². The van der Waals surface area contributed by atoms with Crippen molar-refractivity contribution in [2.24, 2.45) is 0 Å². The maximum atomic E-state index is 12.9. The molecule has 3 aromatic rings. The summed E-state index contributed by atoms with van der Waals surface area (Å²) in [5.41, 5.74) is 7.20. The number of hydrogen-bond acceptors (Lipinski definition) is 9. The van der Waals surface area contributed by atoms with Crippen LogP contribution in [0.1, 0.15) is 27.1 Å². The van der Waals surface area contributed by atoms with Crippen LogP contribution in [0.4, 0.5) is 11.4 Å². The number of imide groups is 1. The summed E-state index contributed by atoms with van der Waals surface area (Å²) in [5, 5.41) is -0.568. The molecule has 10 heteroatoms. The first-order chi connectivity index (χ1) is 17.8. The number of nitrogens with zero attached hydrogens (tertiary/aromatic N) is 1. The second kappa shape index (κ2) is 11.2. The predicted octanol–water partition coefficient (Wildman–Crippen LogP) is 3.75. The number of hydrogen-bond donors (Lipinski definition) is 1. The van der Waals surface area contributed by atoms with Gasteiger partial charge in [0.15, 0.2) is 23.9 Å². The molecule has 1 heterocycles. The molecule has 1 fully saturated rings. The number of ether oxygens (including phenoxy) is 3. The van der Waals surface area contributed by atoms with Gasteiger partial charge >= 0.3 is 5.97 Å². The molecule has 9 nitrogen and oxygen atoms in total. The molecule has 2 amide bonds. The monoisotopic (exact) mass is 520 g/mol. The SMILES string of the molecule is COc1ccc(C(=O)COC(=O)c2ccc(N3C(=O)CC(Sc4cccc(N)c4)C3=O)cc2)cc1OC. The predicted molar refractivity (Wildman–Crippen MR) is 138 cm³/mol. The van der Waals surface area contributed by atoms with Crippen molar-refractivity contribution >= 4 is 46.7 Å². The molecule has 3 aromatic carbocycles. The molecule has 0 bridgehead atoms. The highest BCUT2D eigenvalue weighted by Gasteiger charge is 2.40. The number of nitrogen functional groups attached to an aromatic ring is 1. The van der Waals surface area contributed by atoms with Crippen LogP contribution >= 0.6 is 11.8 Å². The number of ketones is 1. The number of thioether (sulfide) groups is 1. The number of methoxy groups -OCH3 is 2. The Labute approximate surface area is 217 Å². The van der Waals surface area contributed by atoms with Crippen molar-refractivity contribution in [3.63, 3.8) is 0 Å². The van der Waals surface area contributed by atoms with Gasteiger partial charge in [-0.25, -0.2) is 9.69 Å². The zero-order valence-corrected chi connectivity index (χ0v) is 20.9. The Morgan fingerprint density at radius 1 is 0.946 bits per heavy atom. The first kappa shape index (κ1) is 25.8. The van der Waals surface area contributed by atoms with Gasteiger partial charge in [-0.1, -0.05) is 6.07 Å². The van der Waals surface area contributed by atoms with Gasteiger partial charge in [0.2, 0.25) is 11.8 Å². The fraction of sp³-hybridized carbons (Fsp3) is 0.185. The molecule has 0 spiro atoms. The van der Waals surface area contributed by atoms with E-state index in [9.17, 15) is 19.2 Å². The van der Waals surface area contributed by atoms with E-state index in [0.29, 0.717) is 28.4 Å². The number of nitrogens with two attached hydrogens (primary N) is 1. The third-order valence-electron chi connectivity index (χ3n) is 5.64. The standard InChI is InChI=1S/C27H24N2O7S/c1-34-22-11-8-17(12-23(22)35-2)21(30)15-36-27(33)16-6-9-19(10-7-16)29-25(31)14-24(26(29)32)37-20-5-3-4-18(28)13-20/h3-13,24H,14-15,28H2,1-2H3. The van der Waals surface area contributed by atoms with E-state index >= 15 is 0 Å². The Balaban J connectivity index is 1.37. The van der Waals surface area contributed by atoms with Crippen molar-refractivity contribution in [3.05, 3.63) is 77.9 Å². The maximum Gasteiger partial charge on any atom is 0.338 e. The fourth-order valence-electron chi connectivity index (χ4n) is 3.77. The Bertz CT molecular complexity index is 1360. The lowest BCUT2D eigenvalue weighted by molar-refractivity contribution is -0.121. The molecule has 190 valence electrons. The third kappa shape index (κ3) is 5.75. The molecule has 0 radical (unpaired) electrons. The van der Waals surface area contributed by atoms with Crippen molar-refractivity contribution in [1.82, 2.24) is 0 Å². The van der Waals surface area contributed by atoms with E-state index in [-0.39, 0.29) is 23.8 Å². The van der Waals surface area contributed by atoms with Gasteiger partial charge in [-0.3, -0.25) is 14.4 Å². The number of carbonyl (C=O) groups is 4. The normalized spacial score (nSPS) is 15.0. The minimum absolute atomic E-state index is 0.0559. The molecule has 37 heavy (non-hydrogen) atoms. The number of amides is 2. The third-order valence-corrected chi connectivity index (χ3v) is 6.82. The summed E-state index contributed by atoms with van der Waals surface area (Å²) in [4.78, 5) is 52.4. The quantitative estimate of drug-likeness (QED) is 0.194. The summed E-state index contributed by atoms with van der Waals surface area (Å²) < 4.78 is 15.5. The molecule has 1 aliphatic rings. The van der Waals surface area contributed by atoms with Gasteiger partial charge in [0, 0.05) is 22.6 Å². The number of esters is 1. The fourth-order valence-corrected chi connectivity index (χ4v) is 4.90. The van der Waals surface area contributed by atoms with Crippen LogP contribution in [-0.4, -0.2) is 49.6 Å². The van der Waals surface area contributed by atoms with Gasteiger partial charge in [0.25, 0.3) is 0 Å². The second-order valence-electron chi connectivity index (χ2n) is 8.07. The van der Waals surface area contributed by atoms with Gasteiger partial charge in [-0.05, 0) is 60.7 Å². The van der Waals surface area contributed by atoms with Gasteiger partial charge in [-0.2, -0.15) is 0 Å². The second-order valence-corrected chi connectivity index (χ2v) is 9.34. The lowest BCUT2D eigenvalue weighted by Gasteiger charge is -2.15. The van der Waals surface area contributed by atoms with Crippen molar-refractivity contribution in [3.8, 4) is 11.5 Å². The smallest absolute Gasteiger partial charge is 0.338 e. The molecule has 1 aliphatic heterocycles. The summed E-state index contributed by atoms with van der Waals surface area (Å²) in [6, 6.07) is 17.6. The number of rotatable bonds is 9. The number of carbonyl (C=O) groups excluding carboxylic acids is 4.